The maximum Gasteiger partial charge on any atom is 0.226 e. The number of carbonyl (C=O) groups excluding carboxylic acids is 2. The molecular formula is C20H23NO4. The monoisotopic (exact) mass is 341 g/mol. The minimum absolute atomic E-state index is 0.0339. The van der Waals surface area contributed by atoms with Gasteiger partial charge in [-0.25, -0.2) is 0 Å². The number of amides is 1. The topological polar surface area (TPSA) is 55.8 Å². The molecule has 2 aliphatic heterocycles. The van der Waals surface area contributed by atoms with Crippen LogP contribution >= 0.6 is 0 Å². The Bertz CT molecular complexity index is 754. The van der Waals surface area contributed by atoms with E-state index < -0.39 is 5.60 Å². The second-order valence-corrected chi connectivity index (χ2v) is 7.96. The van der Waals surface area contributed by atoms with Crippen molar-refractivity contribution >= 4 is 11.7 Å². The number of hydrogen-bond donors (Lipinski definition) is 0. The molecule has 4 aliphatic rings. The molecule has 0 bridgehead atoms. The van der Waals surface area contributed by atoms with Crippen LogP contribution in [0.4, 0.5) is 0 Å². The molecule has 0 radical (unpaired) electrons. The number of rotatable bonds is 1. The van der Waals surface area contributed by atoms with Gasteiger partial charge in [0, 0.05) is 24.9 Å². The number of benzene rings is 1. The second kappa shape index (κ2) is 5.31. The number of ketones is 1. The van der Waals surface area contributed by atoms with Crippen LogP contribution in [0.5, 0.6) is 5.75 Å². The van der Waals surface area contributed by atoms with Crippen molar-refractivity contribution in [2.24, 2.45) is 17.8 Å². The standard InChI is InChI=1S/C20H23NO4/c1-12-2-3-16-14(10-12)15(22)11-20(25-16)5-4-13-17(18(13)20)19(23)21-6-8-24-9-7-21/h2-3,10,13,17-18H,4-9,11H2,1H3/t13-,17+,18+,20+/m0/s1. The molecule has 2 aliphatic carbocycles. The van der Waals surface area contributed by atoms with Gasteiger partial charge in [-0.15, -0.1) is 0 Å². The predicted octanol–water partition coefficient (Wildman–Crippen LogP) is 2.21. The number of hydrogen-bond acceptors (Lipinski definition) is 4. The zero-order chi connectivity index (χ0) is 17.2. The number of morpholine rings is 1. The Morgan fingerprint density at radius 3 is 2.88 bits per heavy atom. The van der Waals surface area contributed by atoms with E-state index in [-0.39, 0.29) is 23.5 Å². The van der Waals surface area contributed by atoms with Crippen molar-refractivity contribution in [2.45, 2.75) is 31.8 Å². The third-order valence-corrected chi connectivity index (χ3v) is 6.49. The van der Waals surface area contributed by atoms with Gasteiger partial charge in [-0.2, -0.15) is 0 Å². The molecule has 1 saturated heterocycles. The van der Waals surface area contributed by atoms with E-state index in [4.69, 9.17) is 9.47 Å². The van der Waals surface area contributed by atoms with Crippen LogP contribution in [0.2, 0.25) is 0 Å². The van der Waals surface area contributed by atoms with Crippen molar-refractivity contribution < 1.29 is 19.1 Å². The smallest absolute Gasteiger partial charge is 0.226 e. The SMILES string of the molecule is Cc1ccc2c(c1)C(=O)C[C@@]1(CC[C@H]3[C@@H](C(=O)N4CCOCC4)[C@@H]31)O2. The van der Waals surface area contributed by atoms with Crippen LogP contribution in [0, 0.1) is 24.7 Å². The summed E-state index contributed by atoms with van der Waals surface area (Å²) in [6.45, 7) is 4.61. The third-order valence-electron chi connectivity index (χ3n) is 6.49. The summed E-state index contributed by atoms with van der Waals surface area (Å²) in [5, 5.41) is 0. The number of ether oxygens (including phenoxy) is 2. The Kier molecular flexibility index (Phi) is 3.26. The zero-order valence-corrected chi connectivity index (χ0v) is 14.5. The van der Waals surface area contributed by atoms with E-state index in [0.29, 0.717) is 50.0 Å². The highest BCUT2D eigenvalue weighted by molar-refractivity contribution is 6.01. The van der Waals surface area contributed by atoms with Crippen LogP contribution in [-0.4, -0.2) is 48.5 Å². The van der Waals surface area contributed by atoms with Crippen molar-refractivity contribution in [2.75, 3.05) is 26.3 Å². The number of aryl methyl sites for hydroxylation is 1. The van der Waals surface area contributed by atoms with Gasteiger partial charge < -0.3 is 14.4 Å². The van der Waals surface area contributed by atoms with Gasteiger partial charge in [0.1, 0.15) is 11.4 Å². The molecule has 2 saturated carbocycles. The molecule has 0 aromatic heterocycles. The average Bonchev–Trinajstić information content (AvgIpc) is 3.27. The first-order valence-electron chi connectivity index (χ1n) is 9.28. The molecule has 5 rings (SSSR count). The summed E-state index contributed by atoms with van der Waals surface area (Å²) < 4.78 is 11.8. The lowest BCUT2D eigenvalue weighted by Crippen LogP contribution is -2.46. The first-order chi connectivity index (χ1) is 12.1. The molecule has 5 nitrogen and oxygen atoms in total. The van der Waals surface area contributed by atoms with Crippen LogP contribution in [0.3, 0.4) is 0 Å². The fourth-order valence-corrected chi connectivity index (χ4v) is 5.26. The van der Waals surface area contributed by atoms with Crippen LogP contribution in [0.15, 0.2) is 18.2 Å². The molecule has 1 spiro atoms. The van der Waals surface area contributed by atoms with Crippen molar-refractivity contribution in [1.29, 1.82) is 0 Å². The molecule has 25 heavy (non-hydrogen) atoms. The summed E-state index contributed by atoms with van der Waals surface area (Å²) in [5.74, 6) is 1.72. The normalized spacial score (nSPS) is 36.0. The maximum absolute atomic E-state index is 12.9. The Labute approximate surface area is 147 Å². The van der Waals surface area contributed by atoms with Crippen molar-refractivity contribution in [3.8, 4) is 5.75 Å². The van der Waals surface area contributed by atoms with Gasteiger partial charge in [0.2, 0.25) is 5.91 Å². The lowest BCUT2D eigenvalue weighted by molar-refractivity contribution is -0.138. The van der Waals surface area contributed by atoms with Crippen LogP contribution in [-0.2, 0) is 9.53 Å². The molecular weight excluding hydrogens is 318 g/mol. The number of fused-ring (bicyclic) bond motifs is 3. The summed E-state index contributed by atoms with van der Waals surface area (Å²) in [4.78, 5) is 27.6. The highest BCUT2D eigenvalue weighted by Crippen LogP contribution is 2.66. The van der Waals surface area contributed by atoms with Gasteiger partial charge in [-0.05, 0) is 37.8 Å². The molecule has 3 fully saturated rings. The predicted molar refractivity (Wildman–Crippen MR) is 90.6 cm³/mol. The average molecular weight is 341 g/mol. The Balaban J connectivity index is 1.39. The van der Waals surface area contributed by atoms with E-state index in [1.54, 1.807) is 0 Å². The molecule has 4 atom stereocenters. The molecule has 1 aromatic carbocycles. The minimum Gasteiger partial charge on any atom is -0.486 e. The molecule has 0 N–H and O–H groups in total. The fraction of sp³-hybridized carbons (Fsp3) is 0.600. The van der Waals surface area contributed by atoms with Gasteiger partial charge in [-0.1, -0.05) is 11.6 Å². The van der Waals surface area contributed by atoms with Crippen molar-refractivity contribution in [3.63, 3.8) is 0 Å². The van der Waals surface area contributed by atoms with E-state index in [0.717, 1.165) is 18.4 Å². The largest absolute Gasteiger partial charge is 0.486 e. The summed E-state index contributed by atoms with van der Waals surface area (Å²) in [6.07, 6.45) is 2.28. The van der Waals surface area contributed by atoms with Crippen LogP contribution < -0.4 is 4.74 Å². The Morgan fingerprint density at radius 2 is 2.08 bits per heavy atom. The molecule has 2 heterocycles. The minimum atomic E-state index is -0.462. The highest BCUT2D eigenvalue weighted by atomic mass is 16.5. The fourth-order valence-electron chi connectivity index (χ4n) is 5.26. The molecule has 132 valence electrons. The zero-order valence-electron chi connectivity index (χ0n) is 14.5. The van der Waals surface area contributed by atoms with E-state index in [1.807, 2.05) is 30.0 Å². The molecule has 1 amide bonds. The van der Waals surface area contributed by atoms with Gasteiger partial charge in [0.05, 0.1) is 25.2 Å². The van der Waals surface area contributed by atoms with Gasteiger partial charge in [-0.3, -0.25) is 9.59 Å². The number of nitrogens with zero attached hydrogens (tertiary/aromatic N) is 1. The summed E-state index contributed by atoms with van der Waals surface area (Å²) in [5.41, 5.74) is 1.31. The molecule has 5 heteroatoms. The first kappa shape index (κ1) is 15.4. The molecule has 0 unspecified atom stereocenters. The van der Waals surface area contributed by atoms with Gasteiger partial charge >= 0.3 is 0 Å². The number of carbonyl (C=O) groups is 2. The Morgan fingerprint density at radius 1 is 1.28 bits per heavy atom. The lowest BCUT2D eigenvalue weighted by Gasteiger charge is -2.37. The lowest BCUT2D eigenvalue weighted by atomic mass is 9.84. The maximum atomic E-state index is 12.9. The van der Waals surface area contributed by atoms with E-state index in [9.17, 15) is 9.59 Å². The van der Waals surface area contributed by atoms with E-state index in [2.05, 4.69) is 0 Å². The van der Waals surface area contributed by atoms with Crippen molar-refractivity contribution in [3.05, 3.63) is 29.3 Å². The second-order valence-electron chi connectivity index (χ2n) is 7.96. The first-order valence-corrected chi connectivity index (χ1v) is 9.28. The third kappa shape index (κ3) is 2.25. The molecule has 1 aromatic rings. The van der Waals surface area contributed by atoms with E-state index in [1.165, 1.54) is 0 Å². The van der Waals surface area contributed by atoms with Crippen LogP contribution in [0.1, 0.15) is 35.2 Å². The summed E-state index contributed by atoms with van der Waals surface area (Å²) in [6, 6.07) is 5.82. The Hall–Kier alpha value is -1.88. The van der Waals surface area contributed by atoms with Gasteiger partial charge in [0.25, 0.3) is 0 Å². The summed E-state index contributed by atoms with van der Waals surface area (Å²) in [7, 11) is 0. The summed E-state index contributed by atoms with van der Waals surface area (Å²) >= 11 is 0. The number of Topliss-reactive ketones (excluding diaryl/α,β-unsaturated/α-hetero) is 1. The highest BCUT2D eigenvalue weighted by Gasteiger charge is 2.71. The van der Waals surface area contributed by atoms with Gasteiger partial charge in [0.15, 0.2) is 5.78 Å². The van der Waals surface area contributed by atoms with Crippen molar-refractivity contribution in [1.82, 2.24) is 4.90 Å². The quantitative estimate of drug-likeness (QED) is 0.786. The van der Waals surface area contributed by atoms with Crippen LogP contribution in [0.25, 0.3) is 0 Å². The van der Waals surface area contributed by atoms with E-state index >= 15 is 0 Å².